The molecule has 1 aliphatic heterocycles. The van der Waals surface area contributed by atoms with Crippen LogP contribution in [0.4, 0.5) is 22.0 Å². The van der Waals surface area contributed by atoms with E-state index in [-0.39, 0.29) is 34.2 Å². The molecule has 48 heavy (non-hydrogen) atoms. The summed E-state index contributed by atoms with van der Waals surface area (Å²) in [6, 6.07) is 19.8. The topological polar surface area (TPSA) is 17.1 Å². The Hall–Kier alpha value is -3.58. The molecule has 6 rings (SSSR count). The van der Waals surface area contributed by atoms with E-state index < -0.39 is 41.8 Å². The summed E-state index contributed by atoms with van der Waals surface area (Å²) in [6.45, 7) is 12.2. The van der Waals surface area contributed by atoms with Crippen LogP contribution in [0.5, 0.6) is 0 Å². The highest BCUT2D eigenvalue weighted by molar-refractivity contribution is 7.92. The van der Waals surface area contributed by atoms with Crippen LogP contribution in [0.1, 0.15) is 96.9 Å². The summed E-state index contributed by atoms with van der Waals surface area (Å²) in [7, 11) is -4.17. The Morgan fingerprint density at radius 3 is 1.44 bits per heavy atom. The van der Waals surface area contributed by atoms with Gasteiger partial charge < -0.3 is 4.57 Å². The molecule has 1 nitrogen and oxygen atoms in total. The lowest BCUT2D eigenvalue weighted by Crippen LogP contribution is -2.21. The first-order valence-electron chi connectivity index (χ1n) is 15.7. The lowest BCUT2D eigenvalue weighted by molar-refractivity contribution is 0.376. The summed E-state index contributed by atoms with van der Waals surface area (Å²) in [5, 5.41) is 4.53. The normalized spacial score (nSPS) is 16.8. The maximum atomic E-state index is 17.0. The molecule has 0 amide bonds. The molecule has 3 aromatic carbocycles. The van der Waals surface area contributed by atoms with Crippen molar-refractivity contribution in [1.82, 2.24) is 0 Å². The van der Waals surface area contributed by atoms with Crippen molar-refractivity contribution >= 4 is 56.9 Å². The highest BCUT2D eigenvalue weighted by atomic mass is 32.1. The van der Waals surface area contributed by atoms with Gasteiger partial charge in [-0.2, -0.15) is 0 Å². The molecule has 0 fully saturated rings. The smallest absolute Gasteiger partial charge is 0.200 e. The number of hydrogen-bond donors (Lipinski definition) is 0. The minimum atomic E-state index is -4.17. The summed E-state index contributed by atoms with van der Waals surface area (Å²) in [4.78, 5) is 1.01. The summed E-state index contributed by atoms with van der Waals surface area (Å²) in [5.74, 6) is -10.4. The standard InChI is InChI=1S/C39H34F5OPS2/c1-20(2)24-18-25(21(3)4)37(26(19-24)22(5)6)46(45)38(27-14-10-16-47-27)29(23-12-8-7-9-13-23)30(39(46)28-15-11-17-48-28)31-32(40)34(42)36(44)35(43)33(31)41/h7-22H,1-6H3. The highest BCUT2D eigenvalue weighted by Gasteiger charge is 2.51. The molecule has 0 bridgehead atoms. The van der Waals surface area contributed by atoms with Gasteiger partial charge in [0, 0.05) is 36.8 Å². The maximum absolute atomic E-state index is 17.0. The molecule has 0 saturated heterocycles. The van der Waals surface area contributed by atoms with Crippen molar-refractivity contribution in [3.05, 3.63) is 144 Å². The van der Waals surface area contributed by atoms with Gasteiger partial charge in [-0.25, -0.2) is 22.0 Å². The van der Waals surface area contributed by atoms with E-state index in [0.29, 0.717) is 25.9 Å². The lowest BCUT2D eigenvalue weighted by atomic mass is 9.89. The number of halogens is 5. The third-order valence-corrected chi connectivity index (χ3v) is 14.2. The van der Waals surface area contributed by atoms with Gasteiger partial charge >= 0.3 is 0 Å². The third kappa shape index (κ3) is 5.37. The number of allylic oxidation sites excluding steroid dienone is 2. The first kappa shape index (κ1) is 34.3. The Morgan fingerprint density at radius 2 is 1.02 bits per heavy atom. The van der Waals surface area contributed by atoms with Crippen LogP contribution in [0.25, 0.3) is 21.8 Å². The van der Waals surface area contributed by atoms with Crippen molar-refractivity contribution in [2.45, 2.75) is 59.3 Å². The zero-order valence-electron chi connectivity index (χ0n) is 27.3. The number of hydrogen-bond acceptors (Lipinski definition) is 3. The van der Waals surface area contributed by atoms with Crippen LogP contribution in [0.2, 0.25) is 0 Å². The zero-order valence-corrected chi connectivity index (χ0v) is 29.8. The summed E-state index contributed by atoms with van der Waals surface area (Å²) in [5.41, 5.74) is 2.00. The van der Waals surface area contributed by atoms with Crippen LogP contribution in [-0.4, -0.2) is 0 Å². The first-order chi connectivity index (χ1) is 22.8. The van der Waals surface area contributed by atoms with E-state index in [2.05, 4.69) is 26.0 Å². The van der Waals surface area contributed by atoms with Crippen molar-refractivity contribution < 1.29 is 26.5 Å². The van der Waals surface area contributed by atoms with Gasteiger partial charge in [0.2, 0.25) is 5.82 Å². The van der Waals surface area contributed by atoms with Gasteiger partial charge in [-0.15, -0.1) is 22.7 Å². The zero-order chi connectivity index (χ0) is 34.7. The molecular formula is C39H34F5OPS2. The quantitative estimate of drug-likeness (QED) is 0.0679. The maximum Gasteiger partial charge on any atom is 0.200 e. The Morgan fingerprint density at radius 1 is 0.562 bits per heavy atom. The van der Waals surface area contributed by atoms with Crippen molar-refractivity contribution in [2.24, 2.45) is 0 Å². The molecular weight excluding hydrogens is 675 g/mol. The second-order valence-corrected chi connectivity index (χ2v) is 17.3. The molecule has 9 heteroatoms. The average molecular weight is 709 g/mol. The molecule has 0 aliphatic carbocycles. The lowest BCUT2D eigenvalue weighted by Gasteiger charge is -2.30. The molecule has 0 spiro atoms. The van der Waals surface area contributed by atoms with E-state index in [1.807, 2.05) is 33.1 Å². The molecule has 0 radical (unpaired) electrons. The van der Waals surface area contributed by atoms with E-state index in [4.69, 9.17) is 0 Å². The Balaban J connectivity index is 1.96. The molecule has 0 N–H and O–H groups in total. The molecule has 2 aromatic heterocycles. The number of rotatable bonds is 8. The van der Waals surface area contributed by atoms with Crippen LogP contribution < -0.4 is 5.30 Å². The number of benzene rings is 3. The summed E-state index contributed by atoms with van der Waals surface area (Å²) in [6.07, 6.45) is 0. The molecule has 1 unspecified atom stereocenters. The molecule has 0 saturated carbocycles. The van der Waals surface area contributed by atoms with E-state index in [9.17, 15) is 4.39 Å². The Labute approximate surface area is 285 Å². The minimum absolute atomic E-state index is 0.0732. The van der Waals surface area contributed by atoms with Crippen LogP contribution in [-0.2, 0) is 4.57 Å². The van der Waals surface area contributed by atoms with E-state index in [1.165, 1.54) is 22.7 Å². The molecule has 1 atom stereocenters. The van der Waals surface area contributed by atoms with Crippen LogP contribution in [0.3, 0.4) is 0 Å². The predicted molar refractivity (Wildman–Crippen MR) is 191 cm³/mol. The number of thiophene rings is 2. The monoisotopic (exact) mass is 708 g/mol. The Bertz CT molecular complexity index is 2070. The SMILES string of the molecule is CC(C)c1cc(C(C)C)c(P2(=O)C(c3cccs3)=C(c3ccccc3)C(c3c(F)c(F)c(F)c(F)c3F)=C2c2cccs2)c(C(C)C)c1. The van der Waals surface area contributed by atoms with E-state index in [0.717, 1.165) is 16.7 Å². The van der Waals surface area contributed by atoms with E-state index >= 15 is 22.1 Å². The fraction of sp³-hybridized carbons (Fsp3) is 0.231. The fourth-order valence-corrected chi connectivity index (χ4v) is 12.8. The van der Waals surface area contributed by atoms with Crippen LogP contribution in [0.15, 0.2) is 77.5 Å². The van der Waals surface area contributed by atoms with Gasteiger partial charge in [0.15, 0.2) is 30.4 Å². The first-order valence-corrected chi connectivity index (χ1v) is 19.2. The van der Waals surface area contributed by atoms with Crippen LogP contribution in [0, 0.1) is 29.1 Å². The second-order valence-electron chi connectivity index (χ2n) is 12.8. The molecule has 248 valence electrons. The van der Waals surface area contributed by atoms with Crippen LogP contribution >= 0.6 is 29.8 Å². The van der Waals surface area contributed by atoms with E-state index in [1.54, 1.807) is 60.0 Å². The predicted octanol–water partition coefficient (Wildman–Crippen LogP) is 13.0. The molecule has 3 heterocycles. The fourth-order valence-electron chi connectivity index (χ4n) is 6.51. The molecule has 5 aromatic rings. The van der Waals surface area contributed by atoms with Gasteiger partial charge in [-0.05, 0) is 62.9 Å². The van der Waals surface area contributed by atoms with Crippen molar-refractivity contribution in [1.29, 1.82) is 0 Å². The van der Waals surface area contributed by atoms with Gasteiger partial charge in [0.05, 0.1) is 5.56 Å². The summed E-state index contributed by atoms with van der Waals surface area (Å²) < 4.78 is 94.2. The molecule has 1 aliphatic rings. The van der Waals surface area contributed by atoms with Crippen molar-refractivity contribution in [3.63, 3.8) is 0 Å². The van der Waals surface area contributed by atoms with Gasteiger partial charge in [-0.3, -0.25) is 0 Å². The Kier molecular flexibility index (Phi) is 9.31. The van der Waals surface area contributed by atoms with Crippen molar-refractivity contribution in [2.75, 3.05) is 0 Å². The average Bonchev–Trinajstić information content (AvgIpc) is 3.83. The highest BCUT2D eigenvalue weighted by Crippen LogP contribution is 2.78. The second kappa shape index (κ2) is 13.0. The largest absolute Gasteiger partial charge is 0.308 e. The van der Waals surface area contributed by atoms with Gasteiger partial charge in [0.25, 0.3) is 0 Å². The van der Waals surface area contributed by atoms with Gasteiger partial charge in [-0.1, -0.05) is 96.1 Å². The summed E-state index contributed by atoms with van der Waals surface area (Å²) >= 11 is 2.53. The third-order valence-electron chi connectivity index (χ3n) is 8.80. The van der Waals surface area contributed by atoms with Gasteiger partial charge in [0.1, 0.15) is 0 Å². The van der Waals surface area contributed by atoms with Crippen molar-refractivity contribution in [3.8, 4) is 0 Å². The minimum Gasteiger partial charge on any atom is -0.308 e.